The van der Waals surface area contributed by atoms with Crippen LogP contribution in [0.2, 0.25) is 0 Å². The predicted molar refractivity (Wildman–Crippen MR) is 77.1 cm³/mol. The molecule has 0 bridgehead atoms. The third-order valence-electron chi connectivity index (χ3n) is 3.54. The maximum absolute atomic E-state index is 4.80. The summed E-state index contributed by atoms with van der Waals surface area (Å²) < 4.78 is 0. The van der Waals surface area contributed by atoms with Crippen LogP contribution < -0.4 is 5.32 Å². The first-order valence-corrected chi connectivity index (χ1v) is 6.82. The van der Waals surface area contributed by atoms with Gasteiger partial charge in [-0.05, 0) is 33.3 Å². The highest BCUT2D eigenvalue weighted by Crippen LogP contribution is 2.24. The third-order valence-corrected chi connectivity index (χ3v) is 3.54. The van der Waals surface area contributed by atoms with Gasteiger partial charge in [-0.3, -0.25) is 4.99 Å². The monoisotopic (exact) mass is 245 g/mol. The van der Waals surface area contributed by atoms with E-state index in [2.05, 4.69) is 57.3 Å². The fourth-order valence-electron chi connectivity index (χ4n) is 3.30. The van der Waals surface area contributed by atoms with Crippen LogP contribution in [0.25, 0.3) is 0 Å². The molecule has 1 aromatic rings. The number of piperidine rings is 1. The van der Waals surface area contributed by atoms with Crippen molar-refractivity contribution in [1.82, 2.24) is 0 Å². The summed E-state index contributed by atoms with van der Waals surface area (Å²) in [5.74, 6) is 0. The minimum absolute atomic E-state index is 0.292. The van der Waals surface area contributed by atoms with Crippen LogP contribution in [-0.4, -0.2) is 23.3 Å². The standard InChI is InChI=1S/C16H24N2/c1-15(2)10-14(11-16(3,4)18-15)17-12-13-8-6-5-7-9-13/h5-9,12,14,18H,10-11H2,1-4H3/p+1. The number of nitrogens with zero attached hydrogens (tertiary/aromatic N) is 1. The Labute approximate surface area is 111 Å². The quantitative estimate of drug-likeness (QED) is 0.775. The molecule has 1 saturated heterocycles. The van der Waals surface area contributed by atoms with Gasteiger partial charge >= 0.3 is 0 Å². The van der Waals surface area contributed by atoms with E-state index in [0.29, 0.717) is 17.1 Å². The van der Waals surface area contributed by atoms with E-state index in [1.54, 1.807) is 0 Å². The molecule has 0 amide bonds. The van der Waals surface area contributed by atoms with Crippen LogP contribution in [0.1, 0.15) is 46.1 Å². The summed E-state index contributed by atoms with van der Waals surface area (Å²) in [5.41, 5.74) is 1.78. The molecule has 1 heterocycles. The smallest absolute Gasteiger partial charge is 0.0929 e. The van der Waals surface area contributed by atoms with E-state index in [1.807, 2.05) is 12.3 Å². The van der Waals surface area contributed by atoms with Crippen LogP contribution in [0.15, 0.2) is 35.3 Å². The molecule has 0 aromatic heterocycles. The number of benzene rings is 1. The molecule has 2 N–H and O–H groups in total. The molecule has 1 fully saturated rings. The molecule has 0 unspecified atom stereocenters. The number of hydrogen-bond acceptors (Lipinski definition) is 1. The van der Waals surface area contributed by atoms with Crippen LogP contribution in [-0.2, 0) is 0 Å². The first kappa shape index (κ1) is 13.3. The lowest BCUT2D eigenvalue weighted by atomic mass is 9.80. The predicted octanol–water partition coefficient (Wildman–Crippen LogP) is 2.39. The van der Waals surface area contributed by atoms with Crippen molar-refractivity contribution >= 4 is 6.21 Å². The normalized spacial score (nSPS) is 23.3. The fraction of sp³-hybridized carbons (Fsp3) is 0.562. The van der Waals surface area contributed by atoms with Gasteiger partial charge in [0, 0.05) is 19.1 Å². The van der Waals surface area contributed by atoms with Gasteiger partial charge in [-0.25, -0.2) is 0 Å². The minimum atomic E-state index is 0.292. The van der Waals surface area contributed by atoms with Gasteiger partial charge in [0.2, 0.25) is 0 Å². The molecule has 0 radical (unpaired) electrons. The van der Waals surface area contributed by atoms with E-state index in [-0.39, 0.29) is 0 Å². The van der Waals surface area contributed by atoms with Crippen LogP contribution in [0.4, 0.5) is 0 Å². The fourth-order valence-corrected chi connectivity index (χ4v) is 3.30. The van der Waals surface area contributed by atoms with Crippen molar-refractivity contribution in [2.24, 2.45) is 4.99 Å². The number of rotatable bonds is 2. The second-order valence-electron chi connectivity index (χ2n) is 6.87. The van der Waals surface area contributed by atoms with Crippen molar-refractivity contribution < 1.29 is 5.32 Å². The zero-order chi connectivity index (χ0) is 13.2. The third kappa shape index (κ3) is 3.67. The Kier molecular flexibility index (Phi) is 3.58. The number of quaternary nitrogens is 1. The first-order chi connectivity index (χ1) is 8.36. The molecule has 0 atom stereocenters. The van der Waals surface area contributed by atoms with Gasteiger partial charge in [0.15, 0.2) is 0 Å². The van der Waals surface area contributed by atoms with Crippen molar-refractivity contribution in [1.29, 1.82) is 0 Å². The zero-order valence-electron chi connectivity index (χ0n) is 12.0. The highest BCUT2D eigenvalue weighted by molar-refractivity contribution is 5.79. The molecular weight excluding hydrogens is 220 g/mol. The largest absolute Gasteiger partial charge is 0.337 e. The molecule has 0 saturated carbocycles. The van der Waals surface area contributed by atoms with E-state index in [4.69, 9.17) is 4.99 Å². The van der Waals surface area contributed by atoms with E-state index < -0.39 is 0 Å². The number of nitrogens with two attached hydrogens (primary N) is 1. The Morgan fingerprint density at radius 3 is 2.17 bits per heavy atom. The molecule has 2 nitrogen and oxygen atoms in total. The lowest BCUT2D eigenvalue weighted by molar-refractivity contribution is -0.787. The highest BCUT2D eigenvalue weighted by Gasteiger charge is 2.41. The van der Waals surface area contributed by atoms with Crippen LogP contribution in [0, 0.1) is 0 Å². The van der Waals surface area contributed by atoms with E-state index in [1.165, 1.54) is 5.56 Å². The summed E-state index contributed by atoms with van der Waals surface area (Å²) in [6.45, 7) is 9.27. The molecule has 18 heavy (non-hydrogen) atoms. The molecule has 1 aliphatic heterocycles. The summed E-state index contributed by atoms with van der Waals surface area (Å²) in [5, 5.41) is 2.49. The molecular formula is C16H25N2+. The summed E-state index contributed by atoms with van der Waals surface area (Å²) in [6.07, 6.45) is 4.33. The maximum atomic E-state index is 4.80. The van der Waals surface area contributed by atoms with Gasteiger partial charge in [0.1, 0.15) is 0 Å². The summed E-state index contributed by atoms with van der Waals surface area (Å²) >= 11 is 0. The Hall–Kier alpha value is -1.15. The van der Waals surface area contributed by atoms with Crippen molar-refractivity contribution in [3.05, 3.63) is 35.9 Å². The molecule has 1 aliphatic rings. The zero-order valence-corrected chi connectivity index (χ0v) is 12.0. The van der Waals surface area contributed by atoms with E-state index >= 15 is 0 Å². The van der Waals surface area contributed by atoms with Crippen molar-refractivity contribution in [3.8, 4) is 0 Å². The maximum Gasteiger partial charge on any atom is 0.0929 e. The Morgan fingerprint density at radius 2 is 1.61 bits per heavy atom. The summed E-state index contributed by atoms with van der Waals surface area (Å²) in [6, 6.07) is 10.8. The molecule has 2 rings (SSSR count). The Morgan fingerprint density at radius 1 is 1.06 bits per heavy atom. The Balaban J connectivity index is 2.07. The van der Waals surface area contributed by atoms with Crippen LogP contribution >= 0.6 is 0 Å². The topological polar surface area (TPSA) is 29.0 Å². The molecule has 98 valence electrons. The van der Waals surface area contributed by atoms with Crippen molar-refractivity contribution in [2.45, 2.75) is 57.7 Å². The van der Waals surface area contributed by atoms with Gasteiger partial charge < -0.3 is 5.32 Å². The molecule has 2 heteroatoms. The molecule has 1 aromatic carbocycles. The van der Waals surface area contributed by atoms with E-state index in [0.717, 1.165) is 12.8 Å². The molecule has 0 spiro atoms. The summed E-state index contributed by atoms with van der Waals surface area (Å²) in [4.78, 5) is 4.80. The number of aliphatic imine (C=N–C) groups is 1. The van der Waals surface area contributed by atoms with Gasteiger partial charge in [0.05, 0.1) is 17.1 Å². The van der Waals surface area contributed by atoms with Crippen LogP contribution in [0.3, 0.4) is 0 Å². The van der Waals surface area contributed by atoms with Gasteiger partial charge in [-0.15, -0.1) is 0 Å². The first-order valence-electron chi connectivity index (χ1n) is 6.82. The van der Waals surface area contributed by atoms with Crippen molar-refractivity contribution in [2.75, 3.05) is 0 Å². The second kappa shape index (κ2) is 4.85. The van der Waals surface area contributed by atoms with Gasteiger partial charge in [-0.1, -0.05) is 30.3 Å². The minimum Gasteiger partial charge on any atom is -0.337 e. The Bertz CT molecular complexity index is 402. The van der Waals surface area contributed by atoms with Gasteiger partial charge in [-0.2, -0.15) is 0 Å². The highest BCUT2D eigenvalue weighted by atomic mass is 15.1. The average molecular weight is 245 g/mol. The number of hydrogen-bond donors (Lipinski definition) is 1. The van der Waals surface area contributed by atoms with Gasteiger partial charge in [0.25, 0.3) is 0 Å². The summed E-state index contributed by atoms with van der Waals surface area (Å²) in [7, 11) is 0. The average Bonchev–Trinajstić information content (AvgIpc) is 2.24. The van der Waals surface area contributed by atoms with E-state index in [9.17, 15) is 0 Å². The lowest BCUT2D eigenvalue weighted by Gasteiger charge is -2.41. The SMILES string of the molecule is CC1(C)CC(N=Cc2ccccc2)CC(C)(C)[NH2+]1. The lowest BCUT2D eigenvalue weighted by Crippen LogP contribution is -3.05. The second-order valence-corrected chi connectivity index (χ2v) is 6.87. The molecule has 0 aliphatic carbocycles. The van der Waals surface area contributed by atoms with Crippen molar-refractivity contribution in [3.63, 3.8) is 0 Å². The van der Waals surface area contributed by atoms with Crippen LogP contribution in [0.5, 0.6) is 0 Å².